The maximum absolute atomic E-state index is 5.48. The van der Waals surface area contributed by atoms with Crippen LogP contribution in [0, 0.1) is 5.92 Å². The van der Waals surface area contributed by atoms with Gasteiger partial charge in [0, 0.05) is 6.54 Å². The summed E-state index contributed by atoms with van der Waals surface area (Å²) in [5.41, 5.74) is 1.19. The fourth-order valence-electron chi connectivity index (χ4n) is 2.41. The molecule has 0 aromatic carbocycles. The third kappa shape index (κ3) is 3.70. The van der Waals surface area contributed by atoms with Gasteiger partial charge < -0.3 is 15.0 Å². The first kappa shape index (κ1) is 14.3. The minimum atomic E-state index is 0.340. The average molecular weight is 266 g/mol. The van der Waals surface area contributed by atoms with Crippen molar-refractivity contribution in [2.45, 2.75) is 31.8 Å². The molecule has 108 valence electrons. The normalized spacial score (nSPS) is 16.9. The Bertz CT molecular complexity index is 398. The van der Waals surface area contributed by atoms with Gasteiger partial charge in [0.2, 0.25) is 0 Å². The van der Waals surface area contributed by atoms with Gasteiger partial charge in [0.05, 0.1) is 31.6 Å². The van der Waals surface area contributed by atoms with Gasteiger partial charge in [-0.05, 0) is 33.5 Å². The highest BCUT2D eigenvalue weighted by atomic mass is 16.5. The molecule has 1 aliphatic rings. The smallest absolute Gasteiger partial charge is 0.161 e. The largest absolute Gasteiger partial charge is 0.493 e. The van der Waals surface area contributed by atoms with Crippen LogP contribution in [-0.4, -0.2) is 49.5 Å². The van der Waals surface area contributed by atoms with Gasteiger partial charge in [0.1, 0.15) is 0 Å². The molecular weight excluding hydrogens is 240 g/mol. The molecule has 19 heavy (non-hydrogen) atoms. The topological polar surface area (TPSA) is 42.3 Å². The zero-order valence-electron chi connectivity index (χ0n) is 12.5. The predicted octanol–water partition coefficient (Wildman–Crippen LogP) is 1.51. The molecule has 2 rings (SSSR count). The van der Waals surface area contributed by atoms with Crippen LogP contribution in [0.3, 0.4) is 0 Å². The molecule has 1 aromatic heterocycles. The summed E-state index contributed by atoms with van der Waals surface area (Å²) in [4.78, 5) is 2.17. The Balaban J connectivity index is 2.15. The Morgan fingerprint density at radius 3 is 2.79 bits per heavy atom. The lowest BCUT2D eigenvalue weighted by Crippen LogP contribution is -2.25. The summed E-state index contributed by atoms with van der Waals surface area (Å²) in [6.45, 7) is 1.88. The van der Waals surface area contributed by atoms with Crippen molar-refractivity contribution in [3.05, 3.63) is 11.9 Å². The van der Waals surface area contributed by atoms with Crippen molar-refractivity contribution >= 4 is 0 Å². The van der Waals surface area contributed by atoms with E-state index in [4.69, 9.17) is 4.74 Å². The number of rotatable bonds is 8. The fourth-order valence-corrected chi connectivity index (χ4v) is 2.41. The van der Waals surface area contributed by atoms with E-state index < -0.39 is 0 Å². The number of likely N-dealkylation sites (N-methyl/N-ethyl adjacent to an activating group) is 1. The molecule has 1 aliphatic carbocycles. The second-order valence-corrected chi connectivity index (χ2v) is 5.64. The van der Waals surface area contributed by atoms with Crippen LogP contribution in [0.15, 0.2) is 6.20 Å². The van der Waals surface area contributed by atoms with Gasteiger partial charge in [0.25, 0.3) is 0 Å². The van der Waals surface area contributed by atoms with E-state index in [1.807, 2.05) is 13.2 Å². The summed E-state index contributed by atoms with van der Waals surface area (Å²) in [6.07, 6.45) is 5.75. The Morgan fingerprint density at radius 2 is 2.26 bits per heavy atom. The number of methoxy groups -OCH3 is 1. The number of ether oxygens (including phenoxy) is 1. The van der Waals surface area contributed by atoms with E-state index in [0.29, 0.717) is 6.04 Å². The molecule has 0 saturated heterocycles. The Hall–Kier alpha value is -1.07. The molecule has 5 nitrogen and oxygen atoms in total. The molecule has 0 bridgehead atoms. The molecule has 0 amide bonds. The van der Waals surface area contributed by atoms with Gasteiger partial charge >= 0.3 is 0 Å². The van der Waals surface area contributed by atoms with E-state index in [-0.39, 0.29) is 0 Å². The highest BCUT2D eigenvalue weighted by molar-refractivity contribution is 5.28. The zero-order chi connectivity index (χ0) is 13.8. The molecule has 0 aliphatic heterocycles. The van der Waals surface area contributed by atoms with E-state index in [0.717, 1.165) is 24.8 Å². The summed E-state index contributed by atoms with van der Waals surface area (Å²) in [7, 11) is 7.91. The van der Waals surface area contributed by atoms with Crippen LogP contribution in [0.25, 0.3) is 0 Å². The van der Waals surface area contributed by atoms with Crippen LogP contribution in [0.5, 0.6) is 5.75 Å². The van der Waals surface area contributed by atoms with Crippen LogP contribution < -0.4 is 10.1 Å². The van der Waals surface area contributed by atoms with Crippen LogP contribution in [0.2, 0.25) is 0 Å². The van der Waals surface area contributed by atoms with Gasteiger partial charge in [-0.1, -0.05) is 12.8 Å². The summed E-state index contributed by atoms with van der Waals surface area (Å²) < 4.78 is 7.57. The molecule has 0 spiro atoms. The monoisotopic (exact) mass is 266 g/mol. The third-order valence-corrected chi connectivity index (χ3v) is 3.77. The zero-order valence-corrected chi connectivity index (χ0v) is 12.5. The molecule has 5 heteroatoms. The fraction of sp³-hybridized carbons (Fsp3) is 0.786. The number of nitrogens with one attached hydrogen (secondary N) is 1. The minimum absolute atomic E-state index is 0.340. The maximum atomic E-state index is 5.48. The molecule has 1 heterocycles. The molecule has 1 aromatic rings. The number of aromatic nitrogens is 2. The lowest BCUT2D eigenvalue weighted by molar-refractivity contribution is 0.351. The highest BCUT2D eigenvalue weighted by Gasteiger charge is 2.29. The van der Waals surface area contributed by atoms with E-state index in [9.17, 15) is 0 Å². The van der Waals surface area contributed by atoms with Crippen LogP contribution in [0.4, 0.5) is 0 Å². The lowest BCUT2D eigenvalue weighted by atomic mass is 10.1. The van der Waals surface area contributed by atoms with E-state index in [1.54, 1.807) is 7.11 Å². The first-order valence-corrected chi connectivity index (χ1v) is 7.07. The molecule has 1 unspecified atom stereocenters. The number of hydrogen-bond acceptors (Lipinski definition) is 4. The molecular formula is C14H26N4O. The molecule has 1 saturated carbocycles. The summed E-state index contributed by atoms with van der Waals surface area (Å²) in [6, 6.07) is 0.340. The second kappa shape index (κ2) is 6.39. The van der Waals surface area contributed by atoms with Crippen LogP contribution in [-0.2, 0) is 6.54 Å². The van der Waals surface area contributed by atoms with Gasteiger partial charge in [-0.25, -0.2) is 0 Å². The summed E-state index contributed by atoms with van der Waals surface area (Å²) >= 11 is 0. The molecule has 1 fully saturated rings. The molecule has 1 N–H and O–H groups in total. The van der Waals surface area contributed by atoms with E-state index in [2.05, 4.69) is 34.1 Å². The van der Waals surface area contributed by atoms with E-state index in [1.165, 1.54) is 25.0 Å². The van der Waals surface area contributed by atoms with Gasteiger partial charge in [-0.3, -0.25) is 4.68 Å². The quantitative estimate of drug-likeness (QED) is 0.774. The second-order valence-electron chi connectivity index (χ2n) is 5.64. The first-order chi connectivity index (χ1) is 9.15. The summed E-state index contributed by atoms with van der Waals surface area (Å²) in [5, 5.41) is 7.90. The first-order valence-electron chi connectivity index (χ1n) is 7.07. The standard InChI is InChI=1S/C14H26N4O/c1-15-12(9-11-5-6-11)14-13(19-4)10-16-18(14)8-7-17(2)3/h10-12,15H,5-9H2,1-4H3. The Labute approximate surface area is 115 Å². The van der Waals surface area contributed by atoms with Crippen molar-refractivity contribution in [2.24, 2.45) is 5.92 Å². The maximum Gasteiger partial charge on any atom is 0.161 e. The van der Waals surface area contributed by atoms with Crippen molar-refractivity contribution in [3.8, 4) is 5.75 Å². The van der Waals surface area contributed by atoms with Crippen LogP contribution >= 0.6 is 0 Å². The summed E-state index contributed by atoms with van der Waals surface area (Å²) in [5.74, 6) is 1.78. The predicted molar refractivity (Wildman–Crippen MR) is 76.5 cm³/mol. The van der Waals surface area contributed by atoms with Crippen molar-refractivity contribution in [2.75, 3.05) is 34.8 Å². The van der Waals surface area contributed by atoms with Crippen LogP contribution in [0.1, 0.15) is 31.0 Å². The third-order valence-electron chi connectivity index (χ3n) is 3.77. The highest BCUT2D eigenvalue weighted by Crippen LogP contribution is 2.39. The van der Waals surface area contributed by atoms with E-state index >= 15 is 0 Å². The number of hydrogen-bond donors (Lipinski definition) is 1. The van der Waals surface area contributed by atoms with Crippen molar-refractivity contribution in [1.82, 2.24) is 20.0 Å². The van der Waals surface area contributed by atoms with Gasteiger partial charge in [-0.2, -0.15) is 5.10 Å². The van der Waals surface area contributed by atoms with Crippen molar-refractivity contribution < 1.29 is 4.74 Å². The average Bonchev–Trinajstić information content (AvgIpc) is 3.12. The Morgan fingerprint density at radius 1 is 1.53 bits per heavy atom. The van der Waals surface area contributed by atoms with Crippen molar-refractivity contribution in [3.63, 3.8) is 0 Å². The number of nitrogens with zero attached hydrogens (tertiary/aromatic N) is 3. The van der Waals surface area contributed by atoms with Gasteiger partial charge in [-0.15, -0.1) is 0 Å². The Kier molecular flexibility index (Phi) is 4.82. The lowest BCUT2D eigenvalue weighted by Gasteiger charge is -2.20. The van der Waals surface area contributed by atoms with Crippen molar-refractivity contribution in [1.29, 1.82) is 0 Å². The molecule has 1 atom stereocenters. The SMILES string of the molecule is CNC(CC1CC1)c1c(OC)cnn1CCN(C)C. The molecule has 0 radical (unpaired) electrons. The minimum Gasteiger partial charge on any atom is -0.493 e. The van der Waals surface area contributed by atoms with Gasteiger partial charge in [0.15, 0.2) is 5.75 Å².